The Bertz CT molecular complexity index is 2580. The number of alkyl halides is 24. The second-order valence-corrected chi connectivity index (χ2v) is 19.9. The average molecular weight is 1360 g/mol. The highest BCUT2D eigenvalue weighted by molar-refractivity contribution is 5.29. The molecule has 1 N–H and O–H groups in total. The van der Waals surface area contributed by atoms with Crippen molar-refractivity contribution in [3.8, 4) is 0 Å². The van der Waals surface area contributed by atoms with E-state index in [1.54, 1.807) is 0 Å². The smallest absolute Gasteiger partial charge is 0.388 e. The van der Waals surface area contributed by atoms with Crippen molar-refractivity contribution >= 4 is 0 Å². The minimum absolute atomic E-state index is 0.0324. The van der Waals surface area contributed by atoms with Crippen LogP contribution >= 0.6 is 0 Å². The van der Waals surface area contributed by atoms with E-state index < -0.39 is 128 Å². The molecule has 0 bridgehead atoms. The van der Waals surface area contributed by atoms with Crippen molar-refractivity contribution in [3.05, 3.63) is 178 Å². The molecule has 0 spiro atoms. The molecule has 5 aromatic carbocycles. The second-order valence-electron chi connectivity index (χ2n) is 19.9. The number of aliphatic hydroxyl groups is 1. The normalized spacial score (nSPS) is 15.6. The van der Waals surface area contributed by atoms with E-state index in [2.05, 4.69) is 124 Å². The molecule has 31 heteroatoms. The lowest BCUT2D eigenvalue weighted by Gasteiger charge is -2.39. The van der Waals surface area contributed by atoms with Gasteiger partial charge in [-0.2, -0.15) is 105 Å². The molecule has 2 fully saturated rings. The van der Waals surface area contributed by atoms with Gasteiger partial charge >= 0.3 is 49.4 Å². The average Bonchev–Trinajstić information content (AvgIpc) is 1.76. The summed E-state index contributed by atoms with van der Waals surface area (Å²) >= 11 is 0. The summed E-state index contributed by atoms with van der Waals surface area (Å²) in [5, 5.41) is 9.81. The molecule has 0 saturated carbocycles. The molecule has 2 saturated heterocycles. The van der Waals surface area contributed by atoms with Gasteiger partial charge in [0.05, 0.1) is 39.6 Å². The summed E-state index contributed by atoms with van der Waals surface area (Å²) in [6.45, 7) is 9.27. The third-order valence-corrected chi connectivity index (χ3v) is 12.4. The molecule has 5 aromatic rings. The molecule has 0 aromatic heterocycles. The third-order valence-electron chi connectivity index (χ3n) is 12.4. The Balaban J connectivity index is 0.000000616. The first kappa shape index (κ1) is 83.2. The van der Waals surface area contributed by atoms with Crippen LogP contribution in [0.15, 0.2) is 140 Å². The van der Waals surface area contributed by atoms with Crippen LogP contribution in [0.4, 0.5) is 105 Å². The van der Waals surface area contributed by atoms with E-state index in [0.717, 1.165) is 36.4 Å². The highest BCUT2D eigenvalue weighted by Gasteiger charge is 2.75. The molecule has 0 radical (unpaired) electrons. The fourth-order valence-corrected chi connectivity index (χ4v) is 6.78. The summed E-state index contributed by atoms with van der Waals surface area (Å²) < 4.78 is 335. The number of hydrogen-bond donors (Lipinski definition) is 1. The lowest BCUT2D eigenvalue weighted by molar-refractivity contribution is -0.400. The first-order chi connectivity index (χ1) is 41.4. The van der Waals surface area contributed by atoms with E-state index in [1.807, 2.05) is 32.0 Å². The van der Waals surface area contributed by atoms with E-state index >= 15 is 0 Å². The maximum atomic E-state index is 13.7. The SMILES string of the molecule is CC.CC(OCC1CO1)(C(F)(F)F)C(F)(F)F.CC(OCC1CO1)(C(F)(F)F)C(F)(F)F.Cc1ccc(C)cc1.Cc1cccc(C)c1.Cc1ccccc1.OC(COC(c1ccccc1)(C(F)(F)F)C(F)(F)F)COC(c1ccccc1)(C(F)(F)F)C(F)(F)F. The van der Waals surface area contributed by atoms with Gasteiger partial charge in [0.1, 0.15) is 18.3 Å². The predicted octanol–water partition coefficient (Wildman–Crippen LogP) is 18.6. The Morgan fingerprint density at radius 3 is 0.769 bits per heavy atom. The van der Waals surface area contributed by atoms with Crippen molar-refractivity contribution in [3.63, 3.8) is 0 Å². The number of aliphatic hydroxyl groups excluding tert-OH is 1. The lowest BCUT2D eigenvalue weighted by atomic mass is 9.91. The molecule has 2 heterocycles. The van der Waals surface area contributed by atoms with Crippen LogP contribution in [0.5, 0.6) is 0 Å². The van der Waals surface area contributed by atoms with Crippen LogP contribution in [0.3, 0.4) is 0 Å². The van der Waals surface area contributed by atoms with Gasteiger partial charge in [0.2, 0.25) is 0 Å². The maximum Gasteiger partial charge on any atom is 0.430 e. The molecular weight excluding hydrogens is 1290 g/mol. The quantitative estimate of drug-likeness (QED) is 0.0876. The lowest BCUT2D eigenvalue weighted by Crippen LogP contribution is -2.58. The zero-order chi connectivity index (χ0) is 70.5. The van der Waals surface area contributed by atoms with Crippen LogP contribution in [0.25, 0.3) is 0 Å². The van der Waals surface area contributed by atoms with Crippen LogP contribution in [0.1, 0.15) is 66.6 Å². The molecule has 7 nitrogen and oxygen atoms in total. The standard InChI is InChI=1S/C21H16F12O3.2C8H10.2C7H8F6O2.C7H8.C2H6/c22-18(23,24)16(19(25,26)27,13-7-3-1-4-8-13)35-11-15(34)12-36-17(20(28,29)30,21(31,32)33)14-9-5-2-6-10-14;1-7-3-5-8(2)6-4-7;1-7-4-3-5-8(2)6-7;2*1-5(6(8,9)10,7(11,12)13)15-3-4-2-14-4;1-7-5-3-2-4-6-7;1-2/h1-10,15,34H,11-12H2;2*3-6H,1-2H3;2*4H,2-3H2,1H3;2-6H,1H3;1-2H3. The molecule has 0 amide bonds. The van der Waals surface area contributed by atoms with Crippen molar-refractivity contribution < 1.29 is 139 Å². The van der Waals surface area contributed by atoms with E-state index in [1.165, 1.54) is 27.8 Å². The van der Waals surface area contributed by atoms with Gasteiger partial charge in [-0.15, -0.1) is 0 Å². The van der Waals surface area contributed by atoms with Crippen molar-refractivity contribution in [1.82, 2.24) is 0 Å². The number of hydrogen-bond acceptors (Lipinski definition) is 7. The number of benzene rings is 5. The number of aryl methyl sites for hydroxylation is 5. The zero-order valence-corrected chi connectivity index (χ0v) is 49.7. The van der Waals surface area contributed by atoms with Crippen LogP contribution in [0.2, 0.25) is 0 Å². The molecule has 516 valence electrons. The Labute approximate surface area is 508 Å². The number of ether oxygens (including phenoxy) is 6. The fourth-order valence-electron chi connectivity index (χ4n) is 6.78. The highest BCUT2D eigenvalue weighted by atomic mass is 19.4. The van der Waals surface area contributed by atoms with E-state index in [-0.39, 0.29) is 27.1 Å². The van der Waals surface area contributed by atoms with Gasteiger partial charge in [-0.25, -0.2) is 0 Å². The van der Waals surface area contributed by atoms with Crippen molar-refractivity contribution in [2.75, 3.05) is 39.6 Å². The molecule has 0 aliphatic carbocycles. The van der Waals surface area contributed by atoms with Gasteiger partial charge in [0.25, 0.3) is 22.4 Å². The van der Waals surface area contributed by atoms with Gasteiger partial charge in [-0.05, 0) is 48.5 Å². The molecule has 91 heavy (non-hydrogen) atoms. The van der Waals surface area contributed by atoms with Crippen LogP contribution in [0, 0.1) is 34.6 Å². The Kier molecular flexibility index (Phi) is 30.9. The molecule has 2 aliphatic heterocycles. The van der Waals surface area contributed by atoms with Gasteiger partial charge in [-0.1, -0.05) is 181 Å². The van der Waals surface area contributed by atoms with Gasteiger partial charge in [0, 0.05) is 11.1 Å². The third kappa shape index (κ3) is 24.5. The summed E-state index contributed by atoms with van der Waals surface area (Å²) in [6, 6.07) is 34.2. The van der Waals surface area contributed by atoms with Crippen LogP contribution < -0.4 is 0 Å². The summed E-state index contributed by atoms with van der Waals surface area (Å²) in [6.07, 6.45) is -50.9. The molecule has 7 rings (SSSR count). The Hall–Kier alpha value is -5.86. The second kappa shape index (κ2) is 33.8. The first-order valence-electron chi connectivity index (χ1n) is 26.6. The molecule has 2 aliphatic rings. The minimum Gasteiger partial charge on any atom is -0.388 e. The fraction of sp³-hybridized carbons (Fsp3) is 0.500. The number of rotatable bonds is 14. The van der Waals surface area contributed by atoms with E-state index in [9.17, 15) is 110 Å². The topological polar surface area (TPSA) is 82.2 Å². The van der Waals surface area contributed by atoms with Gasteiger partial charge in [0.15, 0.2) is 0 Å². The summed E-state index contributed by atoms with van der Waals surface area (Å²) in [4.78, 5) is 0. The van der Waals surface area contributed by atoms with Gasteiger partial charge in [-0.3, -0.25) is 0 Å². The highest BCUT2D eigenvalue weighted by Crippen LogP contribution is 2.55. The Morgan fingerprint density at radius 1 is 0.352 bits per heavy atom. The monoisotopic (exact) mass is 1350 g/mol. The zero-order valence-electron chi connectivity index (χ0n) is 49.7. The number of epoxide rings is 2. The summed E-state index contributed by atoms with van der Waals surface area (Å²) in [5.41, 5.74) is -14.7. The van der Waals surface area contributed by atoms with E-state index in [4.69, 9.17) is 0 Å². The number of halogens is 24. The van der Waals surface area contributed by atoms with Crippen molar-refractivity contribution in [2.45, 2.75) is 152 Å². The molecular formula is C60H66F24O7. The molecule has 2 atom stereocenters. The van der Waals surface area contributed by atoms with Crippen molar-refractivity contribution in [1.29, 1.82) is 0 Å². The minimum atomic E-state index is -6.20. The summed E-state index contributed by atoms with van der Waals surface area (Å²) in [5.74, 6) is 0. The molecule has 2 unspecified atom stereocenters. The summed E-state index contributed by atoms with van der Waals surface area (Å²) in [7, 11) is 0. The Morgan fingerprint density at radius 2 is 0.582 bits per heavy atom. The predicted molar refractivity (Wildman–Crippen MR) is 285 cm³/mol. The van der Waals surface area contributed by atoms with Crippen molar-refractivity contribution in [2.24, 2.45) is 0 Å². The maximum absolute atomic E-state index is 13.7. The van der Waals surface area contributed by atoms with Gasteiger partial charge < -0.3 is 33.5 Å². The van der Waals surface area contributed by atoms with E-state index in [0.29, 0.717) is 24.3 Å². The van der Waals surface area contributed by atoms with Crippen LogP contribution in [-0.4, -0.2) is 124 Å². The first-order valence-corrected chi connectivity index (χ1v) is 26.6. The largest absolute Gasteiger partial charge is 0.430 e. The van der Waals surface area contributed by atoms with Crippen LogP contribution in [-0.2, 0) is 39.6 Å².